The molecule has 3 N–H and O–H groups in total. The Morgan fingerprint density at radius 2 is 2.15 bits per heavy atom. The molecule has 1 amide bonds. The van der Waals surface area contributed by atoms with Crippen molar-refractivity contribution in [1.29, 1.82) is 5.26 Å². The number of alkyl halides is 1. The lowest BCUT2D eigenvalue weighted by Gasteiger charge is -2.27. The molecule has 1 aromatic heterocycles. The third kappa shape index (κ3) is 5.22. The van der Waals surface area contributed by atoms with Gasteiger partial charge in [0.2, 0.25) is 0 Å². The number of aliphatic hydroxyl groups excluding tert-OH is 1. The summed E-state index contributed by atoms with van der Waals surface area (Å²) in [6.45, 7) is 0.216. The third-order valence-corrected chi connectivity index (χ3v) is 5.92. The molecule has 170 valence electrons. The number of hydrogen-bond acceptors (Lipinski definition) is 6. The Morgan fingerprint density at radius 1 is 1.30 bits per heavy atom. The molecule has 3 aromatic rings. The third-order valence-electron chi connectivity index (χ3n) is 5.61. The van der Waals surface area contributed by atoms with E-state index in [2.05, 4.69) is 15.6 Å². The van der Waals surface area contributed by atoms with E-state index in [0.717, 1.165) is 10.8 Å². The number of anilines is 1. The van der Waals surface area contributed by atoms with Gasteiger partial charge in [-0.25, -0.2) is 9.37 Å². The number of carbonyl (C=O) groups excluding carboxylic acids is 1. The van der Waals surface area contributed by atoms with Crippen LogP contribution in [0.1, 0.15) is 33.9 Å². The molecule has 1 aliphatic rings. The number of fused-ring (bicyclic) bond motifs is 1. The number of aliphatic hydroxyl groups is 1. The van der Waals surface area contributed by atoms with E-state index in [-0.39, 0.29) is 30.2 Å². The number of aromatic nitrogens is 1. The molecular weight excluding hydrogens is 447 g/mol. The molecule has 7 nitrogen and oxygen atoms in total. The van der Waals surface area contributed by atoms with Crippen molar-refractivity contribution in [2.75, 3.05) is 25.1 Å². The van der Waals surface area contributed by atoms with E-state index in [9.17, 15) is 14.3 Å². The number of rotatable bonds is 6. The molecule has 0 bridgehead atoms. The topological polar surface area (TPSA) is 107 Å². The van der Waals surface area contributed by atoms with Crippen LogP contribution in [0.15, 0.2) is 48.7 Å². The number of hydrogen-bond donors (Lipinski definition) is 3. The van der Waals surface area contributed by atoms with Crippen LogP contribution in [0.2, 0.25) is 5.02 Å². The average molecular weight is 469 g/mol. The molecule has 3 unspecified atom stereocenters. The SMILES string of the molecule is N#Cc1ccc(C(CO)NC(=O)c2ccc3cnc(NC4CCOCC4F)cc3c2)cc1Cl. The molecular formula is C24H22ClFN4O3. The standard InChI is InChI=1S/C24H22ClFN4O3/c25-19-8-14(1-3-16(19)10-27)22(12-31)30-24(32)15-2-4-17-11-28-23(9-18(17)7-15)29-21-5-6-33-13-20(21)26/h1-4,7-9,11,20-22,31H,5-6,12-13H2,(H,28,29)(H,30,32). The zero-order valence-corrected chi connectivity index (χ0v) is 18.3. The zero-order valence-electron chi connectivity index (χ0n) is 17.6. The Morgan fingerprint density at radius 3 is 2.88 bits per heavy atom. The molecule has 3 atom stereocenters. The number of nitrogens with one attached hydrogen (secondary N) is 2. The van der Waals surface area contributed by atoms with Gasteiger partial charge < -0.3 is 20.5 Å². The van der Waals surface area contributed by atoms with Crippen molar-refractivity contribution in [3.63, 3.8) is 0 Å². The number of nitrogens with zero attached hydrogens (tertiary/aromatic N) is 2. The summed E-state index contributed by atoms with van der Waals surface area (Å²) in [5.41, 5.74) is 1.30. The minimum absolute atomic E-state index is 0.0615. The van der Waals surface area contributed by atoms with Crippen molar-refractivity contribution in [3.8, 4) is 6.07 Å². The Labute approximate surface area is 195 Å². The Hall–Kier alpha value is -3.25. The van der Waals surface area contributed by atoms with Gasteiger partial charge in [0, 0.05) is 23.8 Å². The van der Waals surface area contributed by atoms with Gasteiger partial charge in [-0.3, -0.25) is 4.79 Å². The second-order valence-electron chi connectivity index (χ2n) is 7.82. The molecule has 1 aliphatic heterocycles. The molecule has 0 radical (unpaired) electrons. The Kier molecular flexibility index (Phi) is 7.04. The largest absolute Gasteiger partial charge is 0.394 e. The quantitative estimate of drug-likeness (QED) is 0.508. The molecule has 0 saturated carbocycles. The number of amides is 1. The smallest absolute Gasteiger partial charge is 0.251 e. The lowest BCUT2D eigenvalue weighted by atomic mass is 10.0. The second kappa shape index (κ2) is 10.1. The second-order valence-corrected chi connectivity index (χ2v) is 8.23. The maximum absolute atomic E-state index is 14.1. The summed E-state index contributed by atoms with van der Waals surface area (Å²) in [4.78, 5) is 17.2. The molecule has 2 heterocycles. The summed E-state index contributed by atoms with van der Waals surface area (Å²) in [6.07, 6.45) is 1.10. The molecule has 0 spiro atoms. The van der Waals surface area contributed by atoms with Crippen LogP contribution < -0.4 is 10.6 Å². The number of halogens is 2. The highest BCUT2D eigenvalue weighted by Gasteiger charge is 2.25. The van der Waals surface area contributed by atoms with Gasteiger partial charge in [0.05, 0.1) is 35.9 Å². The van der Waals surface area contributed by atoms with Gasteiger partial charge in [-0.2, -0.15) is 5.26 Å². The number of nitriles is 1. The lowest BCUT2D eigenvalue weighted by Crippen LogP contribution is -2.39. The van der Waals surface area contributed by atoms with E-state index in [1.54, 1.807) is 48.7 Å². The van der Waals surface area contributed by atoms with Crippen molar-refractivity contribution < 1.29 is 19.0 Å². The normalized spacial score (nSPS) is 19.0. The van der Waals surface area contributed by atoms with Crippen LogP contribution >= 0.6 is 11.6 Å². The van der Waals surface area contributed by atoms with E-state index >= 15 is 0 Å². The van der Waals surface area contributed by atoms with Gasteiger partial charge in [-0.1, -0.05) is 23.7 Å². The summed E-state index contributed by atoms with van der Waals surface area (Å²) in [5, 5.41) is 26.6. The zero-order chi connectivity index (χ0) is 23.4. The first kappa shape index (κ1) is 22.9. The van der Waals surface area contributed by atoms with Crippen LogP contribution in [-0.4, -0.2) is 48.0 Å². The predicted molar refractivity (Wildman–Crippen MR) is 123 cm³/mol. The summed E-state index contributed by atoms with van der Waals surface area (Å²) in [7, 11) is 0. The van der Waals surface area contributed by atoms with Crippen molar-refractivity contribution in [1.82, 2.24) is 10.3 Å². The van der Waals surface area contributed by atoms with Crippen LogP contribution in [0.3, 0.4) is 0 Å². The molecule has 9 heteroatoms. The van der Waals surface area contributed by atoms with Crippen LogP contribution in [-0.2, 0) is 4.74 Å². The van der Waals surface area contributed by atoms with Crippen molar-refractivity contribution in [3.05, 3.63) is 70.4 Å². The highest BCUT2D eigenvalue weighted by atomic mass is 35.5. The summed E-state index contributed by atoms with van der Waals surface area (Å²) in [6, 6.07) is 12.6. The lowest BCUT2D eigenvalue weighted by molar-refractivity contribution is 0.0285. The molecule has 33 heavy (non-hydrogen) atoms. The number of benzene rings is 2. The van der Waals surface area contributed by atoms with Crippen LogP contribution in [0.25, 0.3) is 10.8 Å². The summed E-state index contributed by atoms with van der Waals surface area (Å²) in [5.74, 6) is 0.145. The summed E-state index contributed by atoms with van der Waals surface area (Å²) >= 11 is 6.08. The van der Waals surface area contributed by atoms with Crippen LogP contribution in [0, 0.1) is 11.3 Å². The first-order valence-electron chi connectivity index (χ1n) is 10.5. The molecule has 1 saturated heterocycles. The average Bonchev–Trinajstić information content (AvgIpc) is 2.83. The fraction of sp³-hybridized carbons (Fsp3) is 0.292. The minimum Gasteiger partial charge on any atom is -0.394 e. The van der Waals surface area contributed by atoms with Crippen LogP contribution in [0.5, 0.6) is 0 Å². The number of carbonyl (C=O) groups is 1. The number of pyridine rings is 1. The maximum Gasteiger partial charge on any atom is 0.251 e. The van der Waals surface area contributed by atoms with Crippen molar-refractivity contribution >= 4 is 34.1 Å². The van der Waals surface area contributed by atoms with Crippen molar-refractivity contribution in [2.24, 2.45) is 0 Å². The monoisotopic (exact) mass is 468 g/mol. The maximum atomic E-state index is 14.1. The fourth-order valence-electron chi connectivity index (χ4n) is 3.73. The first-order chi connectivity index (χ1) is 16.0. The highest BCUT2D eigenvalue weighted by Crippen LogP contribution is 2.24. The minimum atomic E-state index is -1.11. The molecule has 1 fully saturated rings. The van der Waals surface area contributed by atoms with Gasteiger partial charge in [0.1, 0.15) is 18.1 Å². The Balaban J connectivity index is 1.52. The van der Waals surface area contributed by atoms with Crippen LogP contribution in [0.4, 0.5) is 10.2 Å². The van der Waals surface area contributed by atoms with E-state index in [4.69, 9.17) is 21.6 Å². The van der Waals surface area contributed by atoms with Gasteiger partial charge in [0.25, 0.3) is 5.91 Å². The fourth-order valence-corrected chi connectivity index (χ4v) is 3.96. The molecule has 0 aliphatic carbocycles. The van der Waals surface area contributed by atoms with Gasteiger partial charge in [-0.15, -0.1) is 0 Å². The Bertz CT molecular complexity index is 1220. The van der Waals surface area contributed by atoms with Gasteiger partial charge in [-0.05, 0) is 47.7 Å². The molecule has 4 rings (SSSR count). The van der Waals surface area contributed by atoms with Gasteiger partial charge >= 0.3 is 0 Å². The predicted octanol–water partition coefficient (Wildman–Crippen LogP) is 3.76. The van der Waals surface area contributed by atoms with E-state index in [1.807, 2.05) is 6.07 Å². The first-order valence-corrected chi connectivity index (χ1v) is 10.9. The van der Waals surface area contributed by atoms with E-state index in [1.165, 1.54) is 0 Å². The molecule has 2 aromatic carbocycles. The van der Waals surface area contributed by atoms with E-state index in [0.29, 0.717) is 35.5 Å². The number of ether oxygens (including phenoxy) is 1. The van der Waals surface area contributed by atoms with Gasteiger partial charge in [0.15, 0.2) is 0 Å². The summed E-state index contributed by atoms with van der Waals surface area (Å²) < 4.78 is 19.2. The van der Waals surface area contributed by atoms with E-state index < -0.39 is 12.2 Å². The highest BCUT2D eigenvalue weighted by molar-refractivity contribution is 6.31. The van der Waals surface area contributed by atoms with Crippen molar-refractivity contribution in [2.45, 2.75) is 24.7 Å².